The summed E-state index contributed by atoms with van der Waals surface area (Å²) in [6.07, 6.45) is -0.254. The standard InChI is InChI=1S/C21H23ClF2N4O/c1-26-11-12-28(17(13-26)15-5-3-2-4-6-15)20(29)16-7-8-18(22)25-19(16)27-10-9-21(23,24)14-27/h2-8,17H,9-14H2,1H3. The minimum Gasteiger partial charge on any atom is -0.350 e. The van der Waals surface area contributed by atoms with Crippen molar-refractivity contribution in [3.63, 3.8) is 0 Å². The topological polar surface area (TPSA) is 39.7 Å². The molecule has 2 aromatic rings. The number of carbonyl (C=O) groups is 1. The molecule has 0 bridgehead atoms. The van der Waals surface area contributed by atoms with Gasteiger partial charge in [0.1, 0.15) is 11.0 Å². The van der Waals surface area contributed by atoms with Crippen LogP contribution in [0.3, 0.4) is 0 Å². The van der Waals surface area contributed by atoms with Gasteiger partial charge >= 0.3 is 0 Å². The zero-order valence-electron chi connectivity index (χ0n) is 16.2. The van der Waals surface area contributed by atoms with Gasteiger partial charge in [-0.3, -0.25) is 4.79 Å². The number of aromatic nitrogens is 1. The van der Waals surface area contributed by atoms with E-state index in [0.29, 0.717) is 18.7 Å². The molecule has 0 N–H and O–H groups in total. The number of piperazine rings is 1. The van der Waals surface area contributed by atoms with E-state index in [4.69, 9.17) is 11.6 Å². The first kappa shape index (κ1) is 20.0. The van der Waals surface area contributed by atoms with Gasteiger partial charge in [0.25, 0.3) is 11.8 Å². The monoisotopic (exact) mass is 420 g/mol. The van der Waals surface area contributed by atoms with Crippen molar-refractivity contribution in [2.45, 2.75) is 18.4 Å². The molecule has 3 heterocycles. The molecule has 0 aliphatic carbocycles. The van der Waals surface area contributed by atoms with Crippen LogP contribution in [0.5, 0.6) is 0 Å². The number of anilines is 1. The molecule has 1 amide bonds. The number of alkyl halides is 2. The Morgan fingerprint density at radius 1 is 1.14 bits per heavy atom. The van der Waals surface area contributed by atoms with Gasteiger partial charge in [0.05, 0.1) is 18.2 Å². The highest BCUT2D eigenvalue weighted by molar-refractivity contribution is 6.29. The number of hydrogen-bond donors (Lipinski definition) is 0. The lowest BCUT2D eigenvalue weighted by atomic mass is 10.0. The fraction of sp³-hybridized carbons (Fsp3) is 0.429. The first-order chi connectivity index (χ1) is 13.8. The lowest BCUT2D eigenvalue weighted by Crippen LogP contribution is -2.49. The second-order valence-corrected chi connectivity index (χ2v) is 8.11. The minimum atomic E-state index is -2.79. The highest BCUT2D eigenvalue weighted by Crippen LogP contribution is 2.34. The molecular weight excluding hydrogens is 398 g/mol. The molecule has 4 rings (SSSR count). The molecule has 2 aliphatic heterocycles. The van der Waals surface area contributed by atoms with Gasteiger partial charge in [0.2, 0.25) is 0 Å². The summed E-state index contributed by atoms with van der Waals surface area (Å²) in [5.74, 6) is -2.75. The number of halogens is 3. The molecular formula is C21H23ClF2N4O. The van der Waals surface area contributed by atoms with Crippen molar-refractivity contribution in [2.75, 3.05) is 44.7 Å². The highest BCUT2D eigenvalue weighted by atomic mass is 35.5. The van der Waals surface area contributed by atoms with Gasteiger partial charge in [0, 0.05) is 32.6 Å². The average molecular weight is 421 g/mol. The Hall–Kier alpha value is -2.25. The summed E-state index contributed by atoms with van der Waals surface area (Å²) in [5, 5.41) is 0.185. The lowest BCUT2D eigenvalue weighted by Gasteiger charge is -2.40. The van der Waals surface area contributed by atoms with E-state index in [1.165, 1.54) is 4.90 Å². The van der Waals surface area contributed by atoms with Crippen molar-refractivity contribution in [3.05, 3.63) is 58.7 Å². The van der Waals surface area contributed by atoms with Crippen molar-refractivity contribution in [3.8, 4) is 0 Å². The molecule has 2 aliphatic rings. The maximum Gasteiger partial charge on any atom is 0.266 e. The van der Waals surface area contributed by atoms with Crippen LogP contribution in [0.2, 0.25) is 5.15 Å². The first-order valence-electron chi connectivity index (χ1n) is 9.68. The van der Waals surface area contributed by atoms with Crippen LogP contribution >= 0.6 is 11.6 Å². The zero-order valence-corrected chi connectivity index (χ0v) is 16.9. The van der Waals surface area contributed by atoms with Crippen LogP contribution in [0.25, 0.3) is 0 Å². The molecule has 29 heavy (non-hydrogen) atoms. The number of carbonyl (C=O) groups excluding carboxylic acids is 1. The van der Waals surface area contributed by atoms with E-state index < -0.39 is 12.5 Å². The second-order valence-electron chi connectivity index (χ2n) is 7.72. The van der Waals surface area contributed by atoms with Crippen LogP contribution in [0.1, 0.15) is 28.4 Å². The van der Waals surface area contributed by atoms with E-state index in [2.05, 4.69) is 9.88 Å². The lowest BCUT2D eigenvalue weighted by molar-refractivity contribution is 0.0255. The smallest absolute Gasteiger partial charge is 0.266 e. The van der Waals surface area contributed by atoms with Crippen LogP contribution in [-0.2, 0) is 0 Å². The van der Waals surface area contributed by atoms with Crippen LogP contribution in [0, 0.1) is 0 Å². The van der Waals surface area contributed by atoms with Crippen molar-refractivity contribution >= 4 is 23.3 Å². The third-order valence-electron chi connectivity index (χ3n) is 5.57. The van der Waals surface area contributed by atoms with Gasteiger partial charge in [-0.1, -0.05) is 41.9 Å². The molecule has 5 nitrogen and oxygen atoms in total. The van der Waals surface area contributed by atoms with Gasteiger partial charge < -0.3 is 14.7 Å². The van der Waals surface area contributed by atoms with Gasteiger partial charge in [-0.15, -0.1) is 0 Å². The molecule has 0 radical (unpaired) electrons. The molecule has 0 saturated carbocycles. The van der Waals surface area contributed by atoms with Gasteiger partial charge in [-0.25, -0.2) is 13.8 Å². The molecule has 0 spiro atoms. The number of benzene rings is 1. The first-order valence-corrected chi connectivity index (χ1v) is 10.1. The maximum absolute atomic E-state index is 13.8. The summed E-state index contributed by atoms with van der Waals surface area (Å²) < 4.78 is 27.6. The van der Waals surface area contributed by atoms with E-state index in [1.54, 1.807) is 12.1 Å². The number of pyridine rings is 1. The third kappa shape index (κ3) is 4.21. The van der Waals surface area contributed by atoms with E-state index in [0.717, 1.165) is 12.1 Å². The number of rotatable bonds is 3. The molecule has 1 aromatic carbocycles. The van der Waals surface area contributed by atoms with Crippen LogP contribution in [-0.4, -0.2) is 66.4 Å². The SMILES string of the molecule is CN1CCN(C(=O)c2ccc(Cl)nc2N2CCC(F)(F)C2)C(c2ccccc2)C1. The Labute approximate surface area is 173 Å². The number of nitrogens with zero attached hydrogens (tertiary/aromatic N) is 4. The van der Waals surface area contributed by atoms with Gasteiger partial charge in [-0.05, 0) is 24.7 Å². The van der Waals surface area contributed by atoms with Crippen molar-refractivity contribution in [1.82, 2.24) is 14.8 Å². The normalized spacial score (nSPS) is 22.1. The number of amides is 1. The molecule has 2 fully saturated rings. The zero-order chi connectivity index (χ0) is 20.6. The summed E-state index contributed by atoms with van der Waals surface area (Å²) in [6, 6.07) is 12.9. The molecule has 1 atom stereocenters. The summed E-state index contributed by atoms with van der Waals surface area (Å²) in [6.45, 7) is 1.69. The molecule has 8 heteroatoms. The molecule has 154 valence electrons. The summed E-state index contributed by atoms with van der Waals surface area (Å²) >= 11 is 6.04. The Balaban J connectivity index is 1.68. The second kappa shape index (κ2) is 7.88. The van der Waals surface area contributed by atoms with Gasteiger partial charge in [0.15, 0.2) is 0 Å². The molecule has 1 aromatic heterocycles. The van der Waals surface area contributed by atoms with E-state index in [-0.39, 0.29) is 35.9 Å². The molecule has 2 saturated heterocycles. The van der Waals surface area contributed by atoms with Crippen LogP contribution in [0.15, 0.2) is 42.5 Å². The Morgan fingerprint density at radius 2 is 1.90 bits per heavy atom. The predicted octanol–water partition coefficient (Wildman–Crippen LogP) is 3.71. The van der Waals surface area contributed by atoms with E-state index >= 15 is 0 Å². The fourth-order valence-electron chi connectivity index (χ4n) is 4.03. The maximum atomic E-state index is 13.8. The quantitative estimate of drug-likeness (QED) is 0.710. The van der Waals surface area contributed by atoms with Crippen molar-refractivity contribution < 1.29 is 13.6 Å². The Bertz CT molecular complexity index is 896. The number of hydrogen-bond acceptors (Lipinski definition) is 4. The Morgan fingerprint density at radius 3 is 2.59 bits per heavy atom. The Kier molecular flexibility index (Phi) is 5.44. The fourth-order valence-corrected chi connectivity index (χ4v) is 4.17. The summed E-state index contributed by atoms with van der Waals surface area (Å²) in [7, 11) is 2.03. The van der Waals surface area contributed by atoms with Crippen molar-refractivity contribution in [1.29, 1.82) is 0 Å². The largest absolute Gasteiger partial charge is 0.350 e. The van der Waals surface area contributed by atoms with E-state index in [1.807, 2.05) is 42.3 Å². The van der Waals surface area contributed by atoms with Crippen LogP contribution in [0.4, 0.5) is 14.6 Å². The summed E-state index contributed by atoms with van der Waals surface area (Å²) in [4.78, 5) is 23.3. The third-order valence-corrected chi connectivity index (χ3v) is 5.78. The average Bonchev–Trinajstić information content (AvgIpc) is 3.08. The highest BCUT2D eigenvalue weighted by Gasteiger charge is 2.41. The number of likely N-dealkylation sites (N-methyl/N-ethyl adjacent to an activating group) is 1. The molecule has 1 unspecified atom stereocenters. The summed E-state index contributed by atoms with van der Waals surface area (Å²) in [5.41, 5.74) is 1.36. The van der Waals surface area contributed by atoms with Crippen LogP contribution < -0.4 is 4.90 Å². The van der Waals surface area contributed by atoms with Crippen molar-refractivity contribution in [2.24, 2.45) is 0 Å². The minimum absolute atomic E-state index is 0.119. The van der Waals surface area contributed by atoms with Gasteiger partial charge in [-0.2, -0.15) is 0 Å². The predicted molar refractivity (Wildman–Crippen MR) is 109 cm³/mol. The van der Waals surface area contributed by atoms with E-state index in [9.17, 15) is 13.6 Å².